The molecule has 0 saturated carbocycles. The fourth-order valence-electron chi connectivity index (χ4n) is 0.779. The lowest BCUT2D eigenvalue weighted by Gasteiger charge is -2.04. The predicted octanol–water partition coefficient (Wildman–Crippen LogP) is 1.28. The summed E-state index contributed by atoms with van der Waals surface area (Å²) in [6.45, 7) is 5.51. The average Bonchev–Trinajstić information content (AvgIpc) is 1.98. The molecule has 0 aliphatic carbocycles. The molecule has 0 unspecified atom stereocenters. The Morgan fingerprint density at radius 3 is 2.62 bits per heavy atom. The van der Waals surface area contributed by atoms with Crippen LogP contribution >= 0.6 is 11.8 Å². The number of nitrogens with zero attached hydrogens (tertiary/aromatic N) is 1. The normalized spacial score (nSPS) is 10.8. The molecule has 13 heavy (non-hydrogen) atoms. The number of rotatable bonds is 2. The quantitative estimate of drug-likeness (QED) is 0.557. The van der Waals surface area contributed by atoms with Crippen LogP contribution in [0.3, 0.4) is 0 Å². The van der Waals surface area contributed by atoms with E-state index in [1.807, 2.05) is 13.8 Å². The Bertz CT molecular complexity index is 360. The van der Waals surface area contributed by atoms with Crippen molar-refractivity contribution >= 4 is 11.8 Å². The van der Waals surface area contributed by atoms with Crippen LogP contribution in [0.1, 0.15) is 19.4 Å². The van der Waals surface area contributed by atoms with Crippen LogP contribution in [-0.2, 0) is 0 Å². The van der Waals surface area contributed by atoms with Crippen LogP contribution in [0.5, 0.6) is 5.88 Å². The Kier molecular flexibility index (Phi) is 2.98. The van der Waals surface area contributed by atoms with Crippen LogP contribution in [0.2, 0.25) is 0 Å². The minimum atomic E-state index is -0.282. The van der Waals surface area contributed by atoms with Crippen LogP contribution in [-0.4, -0.2) is 20.3 Å². The molecule has 1 aromatic rings. The molecule has 0 radical (unpaired) electrons. The van der Waals surface area contributed by atoms with Crippen molar-refractivity contribution in [1.29, 1.82) is 0 Å². The molecule has 0 atom stereocenters. The second kappa shape index (κ2) is 3.83. The van der Waals surface area contributed by atoms with Gasteiger partial charge in [0.15, 0.2) is 5.16 Å². The summed E-state index contributed by atoms with van der Waals surface area (Å²) in [5, 5.41) is 10.0. The summed E-state index contributed by atoms with van der Waals surface area (Å²) in [6, 6.07) is 0. The van der Waals surface area contributed by atoms with Gasteiger partial charge in [-0.1, -0.05) is 25.6 Å². The van der Waals surface area contributed by atoms with Crippen molar-refractivity contribution in [3.05, 3.63) is 15.9 Å². The summed E-state index contributed by atoms with van der Waals surface area (Å²) >= 11 is 1.41. The van der Waals surface area contributed by atoms with Crippen molar-refractivity contribution in [2.24, 2.45) is 0 Å². The molecule has 0 bridgehead atoms. The van der Waals surface area contributed by atoms with Gasteiger partial charge in [0.25, 0.3) is 5.56 Å². The van der Waals surface area contributed by atoms with Crippen LogP contribution < -0.4 is 5.56 Å². The second-order valence-electron chi connectivity index (χ2n) is 2.99. The maximum Gasteiger partial charge on any atom is 0.258 e. The molecule has 0 aliphatic rings. The van der Waals surface area contributed by atoms with Crippen LogP contribution in [0, 0.1) is 6.92 Å². The van der Waals surface area contributed by atoms with Gasteiger partial charge < -0.3 is 10.1 Å². The Hall–Kier alpha value is -0.970. The highest BCUT2D eigenvalue weighted by molar-refractivity contribution is 7.99. The van der Waals surface area contributed by atoms with E-state index in [-0.39, 0.29) is 17.0 Å². The van der Waals surface area contributed by atoms with Gasteiger partial charge >= 0.3 is 0 Å². The minimum absolute atomic E-state index is 0.188. The molecule has 72 valence electrons. The Labute approximate surface area is 80.4 Å². The molecule has 2 N–H and O–H groups in total. The molecule has 0 saturated heterocycles. The van der Waals surface area contributed by atoms with E-state index in [0.29, 0.717) is 10.4 Å². The highest BCUT2D eigenvalue weighted by Gasteiger charge is 2.07. The van der Waals surface area contributed by atoms with Crippen molar-refractivity contribution in [2.45, 2.75) is 31.2 Å². The molecule has 0 aliphatic heterocycles. The van der Waals surface area contributed by atoms with Crippen molar-refractivity contribution in [3.8, 4) is 5.88 Å². The minimum Gasteiger partial charge on any atom is -0.493 e. The van der Waals surface area contributed by atoms with Crippen molar-refractivity contribution < 1.29 is 5.11 Å². The number of hydrogen-bond acceptors (Lipinski definition) is 4. The molecule has 1 heterocycles. The molecule has 0 amide bonds. The van der Waals surface area contributed by atoms with Gasteiger partial charge in [-0.15, -0.1) is 0 Å². The van der Waals surface area contributed by atoms with Crippen LogP contribution in [0.15, 0.2) is 9.95 Å². The SMILES string of the molecule is Cc1c(O)nc(SC(C)C)[nH]c1=O. The van der Waals surface area contributed by atoms with E-state index in [1.165, 1.54) is 18.7 Å². The number of hydrogen-bond donors (Lipinski definition) is 2. The molecule has 0 aromatic carbocycles. The molecule has 1 aromatic heterocycles. The standard InChI is InChI=1S/C8H12N2O2S/c1-4(2)13-8-9-6(11)5(3)7(12)10-8/h4H,1-3H3,(H2,9,10,11,12). The van der Waals surface area contributed by atoms with Gasteiger partial charge in [0, 0.05) is 5.25 Å². The third kappa shape index (κ3) is 2.48. The molecule has 1 rings (SSSR count). The number of thioether (sulfide) groups is 1. The Morgan fingerprint density at radius 1 is 1.54 bits per heavy atom. The summed E-state index contributed by atoms with van der Waals surface area (Å²) in [5.74, 6) is -0.188. The number of aromatic amines is 1. The predicted molar refractivity (Wildman–Crippen MR) is 52.3 cm³/mol. The number of H-pyrrole nitrogens is 1. The number of aromatic nitrogens is 2. The summed E-state index contributed by atoms with van der Waals surface area (Å²) in [5.41, 5.74) is -0.0243. The fraction of sp³-hybridized carbons (Fsp3) is 0.500. The zero-order valence-corrected chi connectivity index (χ0v) is 8.60. The lowest BCUT2D eigenvalue weighted by atomic mass is 10.4. The van der Waals surface area contributed by atoms with Crippen LogP contribution in [0.25, 0.3) is 0 Å². The maximum atomic E-state index is 11.2. The van der Waals surface area contributed by atoms with Gasteiger partial charge in [-0.25, -0.2) is 0 Å². The van der Waals surface area contributed by atoms with Crippen molar-refractivity contribution in [3.63, 3.8) is 0 Å². The third-order valence-corrected chi connectivity index (χ3v) is 2.34. The first-order valence-corrected chi connectivity index (χ1v) is 4.85. The molecule has 4 nitrogen and oxygen atoms in total. The van der Waals surface area contributed by atoms with Crippen molar-refractivity contribution in [1.82, 2.24) is 9.97 Å². The lowest BCUT2D eigenvalue weighted by molar-refractivity contribution is 0.439. The smallest absolute Gasteiger partial charge is 0.258 e. The van der Waals surface area contributed by atoms with Crippen molar-refractivity contribution in [2.75, 3.05) is 0 Å². The Morgan fingerprint density at radius 2 is 2.15 bits per heavy atom. The topological polar surface area (TPSA) is 66.0 Å². The Balaban J connectivity index is 3.06. The first-order chi connectivity index (χ1) is 6.00. The third-order valence-electron chi connectivity index (χ3n) is 1.45. The summed E-state index contributed by atoms with van der Waals surface area (Å²) in [4.78, 5) is 17.6. The average molecular weight is 200 g/mol. The number of nitrogens with one attached hydrogen (secondary N) is 1. The van der Waals surface area contributed by atoms with E-state index < -0.39 is 0 Å². The monoisotopic (exact) mass is 200 g/mol. The van der Waals surface area contributed by atoms with Gasteiger partial charge in [-0.2, -0.15) is 4.98 Å². The van der Waals surface area contributed by atoms with Gasteiger partial charge in [-0.05, 0) is 6.92 Å². The van der Waals surface area contributed by atoms with E-state index in [2.05, 4.69) is 9.97 Å². The zero-order chi connectivity index (χ0) is 10.0. The largest absolute Gasteiger partial charge is 0.493 e. The maximum absolute atomic E-state index is 11.2. The van der Waals surface area contributed by atoms with E-state index in [0.717, 1.165) is 0 Å². The second-order valence-corrected chi connectivity index (χ2v) is 4.55. The van der Waals surface area contributed by atoms with E-state index in [9.17, 15) is 9.90 Å². The molecular formula is C8H12N2O2S. The molecule has 5 heteroatoms. The highest BCUT2D eigenvalue weighted by Crippen LogP contribution is 2.19. The summed E-state index contributed by atoms with van der Waals surface area (Å²) in [6.07, 6.45) is 0. The van der Waals surface area contributed by atoms with E-state index in [1.54, 1.807) is 0 Å². The van der Waals surface area contributed by atoms with Gasteiger partial charge in [0.1, 0.15) is 0 Å². The summed E-state index contributed by atoms with van der Waals surface area (Å²) in [7, 11) is 0. The van der Waals surface area contributed by atoms with E-state index >= 15 is 0 Å². The first kappa shape index (κ1) is 10.1. The van der Waals surface area contributed by atoms with Gasteiger partial charge in [-0.3, -0.25) is 4.79 Å². The first-order valence-electron chi connectivity index (χ1n) is 3.97. The van der Waals surface area contributed by atoms with Crippen LogP contribution in [0.4, 0.5) is 0 Å². The zero-order valence-electron chi connectivity index (χ0n) is 7.79. The van der Waals surface area contributed by atoms with E-state index in [4.69, 9.17) is 0 Å². The summed E-state index contributed by atoms with van der Waals surface area (Å²) < 4.78 is 0. The molecule has 0 fully saturated rings. The molecule has 0 spiro atoms. The van der Waals surface area contributed by atoms with Gasteiger partial charge in [0.05, 0.1) is 5.56 Å². The lowest BCUT2D eigenvalue weighted by Crippen LogP contribution is -2.12. The highest BCUT2D eigenvalue weighted by atomic mass is 32.2. The number of aromatic hydroxyl groups is 1. The fourth-order valence-corrected chi connectivity index (χ4v) is 1.52. The molecular weight excluding hydrogens is 188 g/mol. The van der Waals surface area contributed by atoms with Gasteiger partial charge in [0.2, 0.25) is 5.88 Å².